The van der Waals surface area contributed by atoms with E-state index in [1.807, 2.05) is 0 Å². The molecule has 2 aromatic rings. The largest absolute Gasteiger partial charge is 0.387 e. The zero-order valence-corrected chi connectivity index (χ0v) is 15.5. The van der Waals surface area contributed by atoms with Crippen LogP contribution in [0.15, 0.2) is 6.20 Å². The summed E-state index contributed by atoms with van der Waals surface area (Å²) >= 11 is 0. The van der Waals surface area contributed by atoms with Gasteiger partial charge in [0.05, 0.1) is 18.9 Å². The highest BCUT2D eigenvalue weighted by molar-refractivity contribution is 7.51. The number of nitrogens with two attached hydrogens (primary N) is 2. The van der Waals surface area contributed by atoms with Crippen LogP contribution in [0, 0.1) is 6.92 Å². The highest BCUT2D eigenvalue weighted by Gasteiger charge is 2.45. The van der Waals surface area contributed by atoms with Crippen molar-refractivity contribution < 1.29 is 40.2 Å². The van der Waals surface area contributed by atoms with Crippen LogP contribution in [-0.2, 0) is 14.0 Å². The number of aliphatic hydroxyl groups is 2. The number of hydrogen-bond acceptors (Lipinski definition) is 9. The molecule has 3 heterocycles. The van der Waals surface area contributed by atoms with Gasteiger partial charge in [0.15, 0.2) is 6.20 Å². The topological polar surface area (TPSA) is 216 Å². The number of fused-ring (bicyclic) bond motifs is 1. The molecule has 0 radical (unpaired) electrons. The van der Waals surface area contributed by atoms with Crippen molar-refractivity contribution in [3.63, 3.8) is 0 Å². The molecule has 4 unspecified atom stereocenters. The van der Waals surface area contributed by atoms with E-state index in [2.05, 4.69) is 9.97 Å². The highest BCUT2D eigenvalue weighted by atomic mass is 31.2. The van der Waals surface area contributed by atoms with Crippen molar-refractivity contribution in [2.45, 2.75) is 31.4 Å². The number of nitrogens with zero attached hydrogens (tertiary/aromatic N) is 3. The summed E-state index contributed by atoms with van der Waals surface area (Å²) in [7, 11) is -4.46. The van der Waals surface area contributed by atoms with E-state index in [1.54, 1.807) is 0 Å². The van der Waals surface area contributed by atoms with E-state index in [-0.39, 0.29) is 28.2 Å². The number of nitrogen functional groups attached to an aromatic ring is 1. The van der Waals surface area contributed by atoms with Crippen molar-refractivity contribution in [3.05, 3.63) is 17.6 Å². The third-order valence-electron chi connectivity index (χ3n) is 4.06. The smallest absolute Gasteiger partial charge is 0.350 e. The molecule has 0 aromatic carbocycles. The van der Waals surface area contributed by atoms with Gasteiger partial charge in [-0.15, -0.1) is 0 Å². The molecule has 4 atom stereocenters. The lowest BCUT2D eigenvalue weighted by atomic mass is 10.1. The Hall–Kier alpha value is -2.12. The number of carbonyl (C=O) groups excluding carboxylic acids is 1. The van der Waals surface area contributed by atoms with Crippen LogP contribution in [0.1, 0.15) is 23.8 Å². The Kier molecular flexibility index (Phi) is 5.05. The lowest BCUT2D eigenvalue weighted by molar-refractivity contribution is -0.0611. The van der Waals surface area contributed by atoms with Crippen molar-refractivity contribution >= 4 is 30.4 Å². The fourth-order valence-electron chi connectivity index (χ4n) is 2.88. The first-order valence-corrected chi connectivity index (χ1v) is 9.76. The van der Waals surface area contributed by atoms with Crippen LogP contribution in [0.4, 0.5) is 5.82 Å². The van der Waals surface area contributed by atoms with E-state index in [9.17, 15) is 19.6 Å². The maximum atomic E-state index is 11.8. The first kappa shape index (κ1) is 19.2. The maximum absolute atomic E-state index is 11.8. The molecule has 14 heteroatoms. The summed E-state index contributed by atoms with van der Waals surface area (Å²) in [5.41, 5.74) is 11.1. The zero-order chi connectivity index (χ0) is 21.7. The van der Waals surface area contributed by atoms with Crippen LogP contribution < -0.4 is 11.5 Å². The summed E-state index contributed by atoms with van der Waals surface area (Å²) in [5, 5.41) is 20.8. The number of aryl methyl sites for hydroxylation is 1. The van der Waals surface area contributed by atoms with Gasteiger partial charge < -0.3 is 45.5 Å². The molecule has 1 saturated heterocycles. The number of aliphatic hydroxyl groups excluding tert-OH is 2. The molecule has 1 aliphatic heterocycles. The van der Waals surface area contributed by atoms with Gasteiger partial charge in [-0.05, 0) is 6.92 Å². The molecular weight excluding hydrogens is 397 g/mol. The number of anilines is 1. The predicted octanol–water partition coefficient (Wildman–Crippen LogP) is -1.81. The number of rotatable bonds is 6. The van der Waals surface area contributed by atoms with Crippen LogP contribution in [0.5, 0.6) is 0 Å². The standard InChI is InChI=1S/C14H20N5O8P/c1-5-17-11(15)8-6(12(16)22)2-19(13(8)18-5)14-10(21)9(20)7(27-14)3-26-4-28(23,24)25/h2,7,9-10,14,20-21H,3-4H2,1H3,(H2,16,22)(H2,15,17,18)(H2,23,24,25)/i14D. The van der Waals surface area contributed by atoms with Crippen molar-refractivity contribution in [1.82, 2.24) is 14.5 Å². The number of hydrogen-bond donors (Lipinski definition) is 6. The lowest BCUT2D eigenvalue weighted by Crippen LogP contribution is -2.34. The van der Waals surface area contributed by atoms with Gasteiger partial charge in [0.1, 0.15) is 41.9 Å². The fraction of sp³-hybridized carbons (Fsp3) is 0.500. The van der Waals surface area contributed by atoms with E-state index in [4.69, 9.17) is 32.1 Å². The Labute approximate surface area is 159 Å². The molecule has 2 aromatic heterocycles. The summed E-state index contributed by atoms with van der Waals surface area (Å²) in [6, 6.07) is 0. The van der Waals surface area contributed by atoms with Crippen molar-refractivity contribution in [1.29, 1.82) is 0 Å². The van der Waals surface area contributed by atoms with E-state index in [1.165, 1.54) is 6.92 Å². The molecular formula is C14H20N5O8P. The van der Waals surface area contributed by atoms with Crippen molar-refractivity contribution in [2.24, 2.45) is 5.73 Å². The Morgan fingerprint density at radius 3 is 2.71 bits per heavy atom. The minimum atomic E-state index is -4.46. The second-order valence-electron chi connectivity index (χ2n) is 6.23. The Bertz CT molecular complexity index is 1010. The number of ether oxygens (including phenoxy) is 2. The summed E-state index contributed by atoms with van der Waals surface area (Å²) in [5.74, 6) is -0.743. The fourth-order valence-corrected chi connectivity index (χ4v) is 3.23. The highest BCUT2D eigenvalue weighted by Crippen LogP contribution is 2.37. The normalized spacial score (nSPS) is 28.6. The quantitative estimate of drug-likeness (QED) is 0.287. The minimum absolute atomic E-state index is 0.0261. The van der Waals surface area contributed by atoms with Crippen LogP contribution in [0.2, 0.25) is 0 Å². The van der Waals surface area contributed by atoms with Crippen LogP contribution >= 0.6 is 7.60 Å². The second-order valence-corrected chi connectivity index (χ2v) is 7.81. The molecule has 1 aliphatic rings. The molecule has 0 saturated carbocycles. The molecule has 8 N–H and O–H groups in total. The van der Waals surface area contributed by atoms with Gasteiger partial charge in [0.25, 0.3) is 5.91 Å². The number of amides is 1. The monoisotopic (exact) mass is 418 g/mol. The molecule has 1 amide bonds. The van der Waals surface area contributed by atoms with Gasteiger partial charge >= 0.3 is 7.60 Å². The summed E-state index contributed by atoms with van der Waals surface area (Å²) in [6.07, 6.45) is -6.96. The molecule has 28 heavy (non-hydrogen) atoms. The SMILES string of the molecule is [2H]C1(n2cc(C(N)=O)c3c(N)nc(C)nc32)OC(COCP(=O)(O)O)C(O)C1O. The number of carbonyl (C=O) groups is 1. The van der Waals surface area contributed by atoms with Gasteiger partial charge in [-0.3, -0.25) is 9.36 Å². The minimum Gasteiger partial charge on any atom is -0.387 e. The second kappa shape index (κ2) is 7.37. The first-order chi connectivity index (χ1) is 13.3. The third-order valence-corrected chi connectivity index (χ3v) is 4.58. The predicted molar refractivity (Wildman–Crippen MR) is 94.0 cm³/mol. The van der Waals surface area contributed by atoms with Gasteiger partial charge in [0, 0.05) is 6.20 Å². The van der Waals surface area contributed by atoms with Crippen LogP contribution in [0.3, 0.4) is 0 Å². The summed E-state index contributed by atoms with van der Waals surface area (Å²) in [6.45, 7) is 1.01. The van der Waals surface area contributed by atoms with E-state index < -0.39 is 51.0 Å². The molecule has 0 aliphatic carbocycles. The van der Waals surface area contributed by atoms with Crippen LogP contribution in [-0.4, -0.2) is 71.7 Å². The third kappa shape index (κ3) is 3.86. The van der Waals surface area contributed by atoms with Gasteiger partial charge in [-0.1, -0.05) is 0 Å². The molecule has 13 nitrogen and oxygen atoms in total. The Morgan fingerprint density at radius 2 is 2.11 bits per heavy atom. The van der Waals surface area contributed by atoms with E-state index in [0.717, 1.165) is 10.8 Å². The van der Waals surface area contributed by atoms with Gasteiger partial charge in [0.2, 0.25) is 0 Å². The van der Waals surface area contributed by atoms with Crippen molar-refractivity contribution in [2.75, 3.05) is 18.7 Å². The van der Waals surface area contributed by atoms with E-state index >= 15 is 0 Å². The average molecular weight is 418 g/mol. The van der Waals surface area contributed by atoms with Crippen LogP contribution in [0.25, 0.3) is 11.0 Å². The van der Waals surface area contributed by atoms with E-state index in [0.29, 0.717) is 0 Å². The Balaban J connectivity index is 2.02. The molecule has 3 rings (SSSR count). The summed E-state index contributed by atoms with van der Waals surface area (Å²) < 4.78 is 30.7. The number of primary amides is 1. The first-order valence-electron chi connectivity index (χ1n) is 8.47. The zero-order valence-electron chi connectivity index (χ0n) is 15.6. The molecule has 0 spiro atoms. The lowest BCUT2D eigenvalue weighted by Gasteiger charge is -2.17. The van der Waals surface area contributed by atoms with Crippen molar-refractivity contribution in [3.8, 4) is 0 Å². The van der Waals surface area contributed by atoms with Gasteiger partial charge in [-0.25, -0.2) is 9.97 Å². The Morgan fingerprint density at radius 1 is 1.43 bits per heavy atom. The van der Waals surface area contributed by atoms with Gasteiger partial charge in [-0.2, -0.15) is 0 Å². The molecule has 0 bridgehead atoms. The summed E-state index contributed by atoms with van der Waals surface area (Å²) in [4.78, 5) is 37.6. The number of aromatic nitrogens is 3. The maximum Gasteiger partial charge on any atom is 0.350 e. The average Bonchev–Trinajstić information content (AvgIpc) is 3.07. The molecule has 1 fully saturated rings. The molecule has 154 valence electrons.